The Morgan fingerprint density at radius 2 is 1.72 bits per heavy atom. The minimum Gasteiger partial charge on any atom is -0.352 e. The van der Waals surface area contributed by atoms with E-state index in [9.17, 15) is 4.79 Å². The molecule has 1 saturated heterocycles. The summed E-state index contributed by atoms with van der Waals surface area (Å²) in [5.74, 6) is 0.909. The number of carbonyl (C=O) groups is 1. The van der Waals surface area contributed by atoms with Gasteiger partial charge in [-0.2, -0.15) is 0 Å². The number of amides is 1. The van der Waals surface area contributed by atoms with Crippen LogP contribution in [0.2, 0.25) is 0 Å². The number of carbonyl (C=O) groups excluding carboxylic acids is 1. The van der Waals surface area contributed by atoms with E-state index in [4.69, 9.17) is 0 Å². The highest BCUT2D eigenvalue weighted by Gasteiger charge is 2.31. The molecule has 3 aromatic rings. The first-order chi connectivity index (χ1) is 15.7. The third-order valence-corrected chi connectivity index (χ3v) is 7.23. The van der Waals surface area contributed by atoms with E-state index >= 15 is 0 Å². The molecule has 0 radical (unpaired) electrons. The number of hydrogen-bond donors (Lipinski definition) is 1. The number of aryl methyl sites for hydroxylation is 1. The van der Waals surface area contributed by atoms with Gasteiger partial charge in [0, 0.05) is 19.1 Å². The minimum atomic E-state index is -0.376. The molecule has 1 aliphatic heterocycles. The average Bonchev–Trinajstić information content (AvgIpc) is 3.55. The van der Waals surface area contributed by atoms with Crippen molar-refractivity contribution in [3.05, 3.63) is 65.7 Å². The van der Waals surface area contributed by atoms with Gasteiger partial charge in [-0.05, 0) is 56.7 Å². The second-order valence-electron chi connectivity index (χ2n) is 8.69. The standard InChI is InChI=1S/C25H29N5OS/c1-18-10-14-21(15-11-18)30-24(29-16-6-3-7-17-29)27-28-25(30)32-22(19-8-4-2-5-9-19)23(31)26-20-12-13-20/h2,4-5,8-11,14-15,20,22H,3,6-7,12-13,16-17H2,1H3,(H,26,31). The van der Waals surface area contributed by atoms with Gasteiger partial charge in [0.1, 0.15) is 5.25 Å². The molecule has 0 bridgehead atoms. The Hall–Kier alpha value is -2.80. The number of hydrogen-bond acceptors (Lipinski definition) is 5. The quantitative estimate of drug-likeness (QED) is 0.533. The Morgan fingerprint density at radius 3 is 2.41 bits per heavy atom. The summed E-state index contributed by atoms with van der Waals surface area (Å²) in [4.78, 5) is 15.5. The molecule has 32 heavy (non-hydrogen) atoms. The summed E-state index contributed by atoms with van der Waals surface area (Å²) in [7, 11) is 0. The number of rotatable bonds is 7. The summed E-state index contributed by atoms with van der Waals surface area (Å²) in [5, 5.41) is 12.7. The maximum Gasteiger partial charge on any atom is 0.238 e. The maximum absolute atomic E-state index is 13.2. The largest absolute Gasteiger partial charge is 0.352 e. The third kappa shape index (κ3) is 4.67. The lowest BCUT2D eigenvalue weighted by Crippen LogP contribution is -2.32. The zero-order valence-electron chi connectivity index (χ0n) is 18.4. The second kappa shape index (κ2) is 9.36. The van der Waals surface area contributed by atoms with Crippen LogP contribution < -0.4 is 10.2 Å². The number of nitrogens with zero attached hydrogens (tertiary/aromatic N) is 4. The van der Waals surface area contributed by atoms with Crippen LogP contribution in [0.15, 0.2) is 59.8 Å². The predicted molar refractivity (Wildman–Crippen MR) is 128 cm³/mol. The van der Waals surface area contributed by atoms with Crippen LogP contribution in [0.25, 0.3) is 5.69 Å². The fourth-order valence-corrected chi connectivity index (χ4v) is 5.13. The first-order valence-corrected chi connectivity index (χ1v) is 12.4. The van der Waals surface area contributed by atoms with Gasteiger partial charge in [-0.1, -0.05) is 59.8 Å². The lowest BCUT2D eigenvalue weighted by atomic mass is 10.1. The Morgan fingerprint density at radius 1 is 1.00 bits per heavy atom. The summed E-state index contributed by atoms with van der Waals surface area (Å²) < 4.78 is 2.12. The lowest BCUT2D eigenvalue weighted by Gasteiger charge is -2.28. The van der Waals surface area contributed by atoms with E-state index in [1.165, 1.54) is 36.6 Å². The number of benzene rings is 2. The van der Waals surface area contributed by atoms with Crippen molar-refractivity contribution >= 4 is 23.6 Å². The van der Waals surface area contributed by atoms with Crippen molar-refractivity contribution in [2.24, 2.45) is 0 Å². The molecule has 1 atom stereocenters. The van der Waals surface area contributed by atoms with Crippen LogP contribution in [-0.2, 0) is 4.79 Å². The number of aromatic nitrogens is 3. The molecule has 1 saturated carbocycles. The molecule has 2 aromatic carbocycles. The van der Waals surface area contributed by atoms with Gasteiger partial charge in [0.05, 0.1) is 5.69 Å². The minimum absolute atomic E-state index is 0.0432. The molecule has 1 aliphatic carbocycles. The van der Waals surface area contributed by atoms with Gasteiger partial charge in [0.15, 0.2) is 5.16 Å². The Kier molecular flexibility index (Phi) is 6.17. The number of anilines is 1. The summed E-state index contributed by atoms with van der Waals surface area (Å²) >= 11 is 1.48. The molecule has 0 spiro atoms. The fourth-order valence-electron chi connectivity index (χ4n) is 4.07. The van der Waals surface area contributed by atoms with E-state index in [2.05, 4.69) is 56.2 Å². The predicted octanol–water partition coefficient (Wildman–Crippen LogP) is 4.68. The molecule has 2 aliphatic rings. The molecule has 2 heterocycles. The van der Waals surface area contributed by atoms with Crippen LogP contribution in [0, 0.1) is 6.92 Å². The third-order valence-electron chi connectivity index (χ3n) is 6.03. The topological polar surface area (TPSA) is 63.1 Å². The van der Waals surface area contributed by atoms with Crippen molar-refractivity contribution in [2.45, 2.75) is 55.5 Å². The first-order valence-electron chi connectivity index (χ1n) is 11.5. The molecule has 166 valence electrons. The van der Waals surface area contributed by atoms with Crippen molar-refractivity contribution in [2.75, 3.05) is 18.0 Å². The van der Waals surface area contributed by atoms with E-state index < -0.39 is 0 Å². The average molecular weight is 448 g/mol. The highest BCUT2D eigenvalue weighted by molar-refractivity contribution is 8.00. The molecule has 6 nitrogen and oxygen atoms in total. The zero-order chi connectivity index (χ0) is 21.9. The van der Waals surface area contributed by atoms with Crippen molar-refractivity contribution in [1.82, 2.24) is 20.1 Å². The Bertz CT molecular complexity index is 1060. The van der Waals surface area contributed by atoms with Crippen LogP contribution in [0.5, 0.6) is 0 Å². The Balaban J connectivity index is 1.52. The summed E-state index contributed by atoms with van der Waals surface area (Å²) in [6.07, 6.45) is 5.72. The number of thioether (sulfide) groups is 1. The van der Waals surface area contributed by atoms with Crippen LogP contribution >= 0.6 is 11.8 Å². The lowest BCUT2D eigenvalue weighted by molar-refractivity contribution is -0.120. The van der Waals surface area contributed by atoms with Gasteiger partial charge in [-0.25, -0.2) is 0 Å². The van der Waals surface area contributed by atoms with Gasteiger partial charge in [-0.3, -0.25) is 9.36 Å². The molecule has 1 amide bonds. The van der Waals surface area contributed by atoms with E-state index in [1.807, 2.05) is 30.3 Å². The van der Waals surface area contributed by atoms with Gasteiger partial charge >= 0.3 is 0 Å². The monoisotopic (exact) mass is 447 g/mol. The van der Waals surface area contributed by atoms with Gasteiger partial charge in [-0.15, -0.1) is 10.2 Å². The van der Waals surface area contributed by atoms with Gasteiger partial charge in [0.2, 0.25) is 11.9 Å². The van der Waals surface area contributed by atoms with Crippen LogP contribution in [0.1, 0.15) is 48.5 Å². The SMILES string of the molecule is Cc1ccc(-n2c(SC(C(=O)NC3CC3)c3ccccc3)nnc2N2CCCCC2)cc1. The maximum atomic E-state index is 13.2. The highest BCUT2D eigenvalue weighted by Crippen LogP contribution is 2.38. The van der Waals surface area contributed by atoms with E-state index in [1.54, 1.807) is 0 Å². The molecule has 1 unspecified atom stereocenters. The van der Waals surface area contributed by atoms with Crippen LogP contribution in [-0.4, -0.2) is 39.8 Å². The number of piperidine rings is 1. The van der Waals surface area contributed by atoms with Gasteiger partial charge in [0.25, 0.3) is 0 Å². The van der Waals surface area contributed by atoms with Crippen molar-refractivity contribution in [1.29, 1.82) is 0 Å². The summed E-state index contributed by atoms with van der Waals surface area (Å²) in [6.45, 7) is 4.06. The van der Waals surface area contributed by atoms with Crippen molar-refractivity contribution in [3.8, 4) is 5.69 Å². The van der Waals surface area contributed by atoms with Crippen molar-refractivity contribution in [3.63, 3.8) is 0 Å². The molecule has 2 fully saturated rings. The normalized spacial score (nSPS) is 17.2. The van der Waals surface area contributed by atoms with E-state index in [0.29, 0.717) is 6.04 Å². The molecule has 5 rings (SSSR count). The molecule has 1 N–H and O–H groups in total. The van der Waals surface area contributed by atoms with E-state index in [-0.39, 0.29) is 11.2 Å². The highest BCUT2D eigenvalue weighted by atomic mass is 32.2. The first kappa shape index (κ1) is 21.1. The van der Waals surface area contributed by atoms with E-state index in [0.717, 1.165) is 48.3 Å². The molecular weight excluding hydrogens is 418 g/mol. The van der Waals surface area contributed by atoms with Crippen LogP contribution in [0.3, 0.4) is 0 Å². The van der Waals surface area contributed by atoms with Crippen LogP contribution in [0.4, 0.5) is 5.95 Å². The molecule has 1 aromatic heterocycles. The Labute approximate surface area is 193 Å². The fraction of sp³-hybridized carbons (Fsp3) is 0.400. The molecular formula is C25H29N5OS. The second-order valence-corrected chi connectivity index (χ2v) is 9.76. The zero-order valence-corrected chi connectivity index (χ0v) is 19.2. The number of nitrogens with one attached hydrogen (secondary N) is 1. The summed E-state index contributed by atoms with van der Waals surface area (Å²) in [5.41, 5.74) is 3.22. The van der Waals surface area contributed by atoms with Gasteiger partial charge < -0.3 is 10.2 Å². The smallest absolute Gasteiger partial charge is 0.238 e. The van der Waals surface area contributed by atoms with Crippen molar-refractivity contribution < 1.29 is 4.79 Å². The molecule has 7 heteroatoms. The summed E-state index contributed by atoms with van der Waals surface area (Å²) in [6, 6.07) is 18.7.